The zero-order valence-corrected chi connectivity index (χ0v) is 27.8. The lowest BCUT2D eigenvalue weighted by atomic mass is 9.83. The molecule has 0 aliphatic heterocycles. The monoisotopic (exact) mass is 630 g/mol. The highest BCUT2D eigenvalue weighted by molar-refractivity contribution is 6.09. The zero-order chi connectivity index (χ0) is 33.0. The summed E-state index contributed by atoms with van der Waals surface area (Å²) >= 11 is 0. The zero-order valence-electron chi connectivity index (χ0n) is 27.8. The number of aromatic nitrogens is 4. The third-order valence-electron chi connectivity index (χ3n) is 9.23. The summed E-state index contributed by atoms with van der Waals surface area (Å²) in [6.45, 7) is 12.5. The molecule has 1 unspecified atom stereocenters. The minimum Gasteiger partial charge on any atom is -0.457 e. The summed E-state index contributed by atoms with van der Waals surface area (Å²) < 4.78 is 40.8. The third-order valence-corrected chi connectivity index (χ3v) is 9.23. The van der Waals surface area contributed by atoms with Crippen molar-refractivity contribution in [2.45, 2.75) is 77.8 Å². The molecule has 5 nitrogen and oxygen atoms in total. The molecular weight excluding hydrogens is 590 g/mol. The van der Waals surface area contributed by atoms with Crippen LogP contribution in [0.5, 0.6) is 11.5 Å². The summed E-state index contributed by atoms with van der Waals surface area (Å²) in [6, 6.07) is 26.4. The fourth-order valence-corrected chi connectivity index (χ4v) is 6.94. The molecule has 0 bridgehead atoms. The Labute approximate surface area is 274 Å². The van der Waals surface area contributed by atoms with E-state index in [0.717, 1.165) is 39.0 Å². The van der Waals surface area contributed by atoms with E-state index in [-0.39, 0.29) is 11.3 Å². The van der Waals surface area contributed by atoms with E-state index in [1.165, 1.54) is 11.6 Å². The standard InChI is InChI=1S/C40H40F2N4O/c1-24(2)39-37(38-32(41)14-10-15-33(38)42)25(3)44-46(39)27-11-9-12-28(22-27)47-29-17-18-31-30-13-7-8-16-34(30)45(35(31)23-29)36-21-26(19-20-43-36)40(4,5)6/h7-9,11-14,16-24,33,38H,10,15H2,1-6H3/t33-,38?/m0/s1. The molecule has 0 spiro atoms. The van der Waals surface area contributed by atoms with Gasteiger partial charge in [0.15, 0.2) is 0 Å². The van der Waals surface area contributed by atoms with Crippen molar-refractivity contribution in [3.8, 4) is 23.0 Å². The van der Waals surface area contributed by atoms with Crippen molar-refractivity contribution >= 4 is 21.8 Å². The SMILES string of the molecule is Cc1nn(-c2cccc(Oc3ccc4c5ccccc5n(-c5cc(C(C)(C)C)ccn5)c4c3)c2)c(C(C)C)c1C1C(F)=CCC[C@@H]1F. The molecule has 2 atom stereocenters. The van der Waals surface area contributed by atoms with Gasteiger partial charge in [0.05, 0.1) is 34.0 Å². The maximum absolute atomic E-state index is 15.2. The summed E-state index contributed by atoms with van der Waals surface area (Å²) in [6.07, 6.45) is 2.84. The highest BCUT2D eigenvalue weighted by Crippen LogP contribution is 2.43. The smallest absolute Gasteiger partial charge is 0.137 e. The van der Waals surface area contributed by atoms with Crippen molar-refractivity contribution in [2.24, 2.45) is 0 Å². The first-order chi connectivity index (χ1) is 22.5. The van der Waals surface area contributed by atoms with E-state index in [0.29, 0.717) is 35.6 Å². The molecule has 0 radical (unpaired) electrons. The van der Waals surface area contributed by atoms with Gasteiger partial charge in [0.25, 0.3) is 0 Å². The van der Waals surface area contributed by atoms with Gasteiger partial charge >= 0.3 is 0 Å². The lowest BCUT2D eigenvalue weighted by Crippen LogP contribution is -2.20. The van der Waals surface area contributed by atoms with E-state index in [1.54, 1.807) is 0 Å². The molecule has 7 heteroatoms. The first-order valence-corrected chi connectivity index (χ1v) is 16.4. The first-order valence-electron chi connectivity index (χ1n) is 16.4. The van der Waals surface area contributed by atoms with Crippen LogP contribution in [0.4, 0.5) is 8.78 Å². The summed E-state index contributed by atoms with van der Waals surface area (Å²) in [4.78, 5) is 4.79. The minimum absolute atomic E-state index is 0.00702. The highest BCUT2D eigenvalue weighted by atomic mass is 19.1. The molecule has 3 aromatic carbocycles. The number of ether oxygens (including phenoxy) is 1. The van der Waals surface area contributed by atoms with Crippen LogP contribution >= 0.6 is 0 Å². The summed E-state index contributed by atoms with van der Waals surface area (Å²) in [5.41, 5.74) is 6.13. The fraction of sp³-hybridized carbons (Fsp3) is 0.300. The number of nitrogens with zero attached hydrogens (tertiary/aromatic N) is 4. The number of rotatable bonds is 6. The van der Waals surface area contributed by atoms with Gasteiger partial charge in [-0.1, -0.05) is 65.0 Å². The van der Waals surface area contributed by atoms with Gasteiger partial charge in [0.1, 0.15) is 29.3 Å². The van der Waals surface area contributed by atoms with E-state index in [2.05, 4.69) is 73.9 Å². The summed E-state index contributed by atoms with van der Waals surface area (Å²) in [5.74, 6) is 0.835. The number of pyridine rings is 1. The Morgan fingerprint density at radius 3 is 2.43 bits per heavy atom. The van der Waals surface area contributed by atoms with Gasteiger partial charge in [-0.2, -0.15) is 5.10 Å². The Morgan fingerprint density at radius 2 is 1.66 bits per heavy atom. The third kappa shape index (κ3) is 5.52. The van der Waals surface area contributed by atoms with E-state index in [9.17, 15) is 0 Å². The molecule has 47 heavy (non-hydrogen) atoms. The molecule has 0 amide bonds. The molecule has 1 aliphatic carbocycles. The second-order valence-electron chi connectivity index (χ2n) is 13.9. The largest absolute Gasteiger partial charge is 0.457 e. The number of hydrogen-bond acceptors (Lipinski definition) is 3. The minimum atomic E-state index is -1.28. The van der Waals surface area contributed by atoms with E-state index >= 15 is 8.78 Å². The van der Waals surface area contributed by atoms with Crippen LogP contribution < -0.4 is 4.74 Å². The number of benzene rings is 3. The number of fused-ring (bicyclic) bond motifs is 3. The number of alkyl halides is 1. The Bertz CT molecular complexity index is 2150. The maximum atomic E-state index is 15.2. The van der Waals surface area contributed by atoms with Gasteiger partial charge in [0.2, 0.25) is 0 Å². The number of hydrogen-bond donors (Lipinski definition) is 0. The highest BCUT2D eigenvalue weighted by Gasteiger charge is 2.36. The summed E-state index contributed by atoms with van der Waals surface area (Å²) in [7, 11) is 0. The van der Waals surface area contributed by atoms with Crippen LogP contribution in [-0.4, -0.2) is 25.5 Å². The maximum Gasteiger partial charge on any atom is 0.137 e. The van der Waals surface area contributed by atoms with Crippen LogP contribution in [0.15, 0.2) is 97.0 Å². The van der Waals surface area contributed by atoms with Crippen molar-refractivity contribution in [3.05, 3.63) is 119 Å². The van der Waals surface area contributed by atoms with E-state index < -0.39 is 17.9 Å². The molecule has 0 fully saturated rings. The second-order valence-corrected chi connectivity index (χ2v) is 13.9. The van der Waals surface area contributed by atoms with Gasteiger partial charge < -0.3 is 4.74 Å². The van der Waals surface area contributed by atoms with Gasteiger partial charge in [0, 0.05) is 34.7 Å². The molecule has 0 N–H and O–H groups in total. The average molecular weight is 631 g/mol. The molecular formula is C40H40F2N4O. The van der Waals surface area contributed by atoms with Crippen LogP contribution in [0.2, 0.25) is 0 Å². The first kappa shape index (κ1) is 30.9. The van der Waals surface area contributed by atoms with E-state index in [1.807, 2.05) is 62.0 Å². The molecule has 7 rings (SSSR count). The topological polar surface area (TPSA) is 44.9 Å². The van der Waals surface area contributed by atoms with Crippen LogP contribution in [0.1, 0.15) is 81.8 Å². The van der Waals surface area contributed by atoms with Crippen LogP contribution in [0.25, 0.3) is 33.3 Å². The molecule has 3 aromatic heterocycles. The van der Waals surface area contributed by atoms with Gasteiger partial charge in [-0.3, -0.25) is 4.57 Å². The van der Waals surface area contributed by atoms with Gasteiger partial charge in [-0.15, -0.1) is 0 Å². The molecule has 3 heterocycles. The van der Waals surface area contributed by atoms with Crippen LogP contribution in [0.3, 0.4) is 0 Å². The van der Waals surface area contributed by atoms with Gasteiger partial charge in [-0.25, -0.2) is 18.4 Å². The van der Waals surface area contributed by atoms with Gasteiger partial charge in [-0.05, 0) is 79.1 Å². The van der Waals surface area contributed by atoms with Crippen molar-refractivity contribution in [3.63, 3.8) is 0 Å². The number of halogens is 2. The number of para-hydroxylation sites is 1. The van der Waals surface area contributed by atoms with Crippen molar-refractivity contribution in [1.29, 1.82) is 0 Å². The van der Waals surface area contributed by atoms with Crippen LogP contribution in [0, 0.1) is 6.92 Å². The Balaban J connectivity index is 1.29. The summed E-state index contributed by atoms with van der Waals surface area (Å²) in [5, 5.41) is 7.07. The van der Waals surface area contributed by atoms with Crippen molar-refractivity contribution < 1.29 is 13.5 Å². The Morgan fingerprint density at radius 1 is 0.894 bits per heavy atom. The molecule has 6 aromatic rings. The predicted octanol–water partition coefficient (Wildman–Crippen LogP) is 11.0. The Kier molecular flexibility index (Phi) is 7.74. The molecule has 1 aliphatic rings. The van der Waals surface area contributed by atoms with Crippen molar-refractivity contribution in [2.75, 3.05) is 0 Å². The predicted molar refractivity (Wildman–Crippen MR) is 186 cm³/mol. The van der Waals surface area contributed by atoms with E-state index in [4.69, 9.17) is 14.8 Å². The molecule has 0 saturated heterocycles. The lowest BCUT2D eigenvalue weighted by Gasteiger charge is -2.25. The normalized spacial score (nSPS) is 17.1. The number of aryl methyl sites for hydroxylation is 1. The quantitative estimate of drug-likeness (QED) is 0.184. The molecule has 0 saturated carbocycles. The van der Waals surface area contributed by atoms with Crippen LogP contribution in [-0.2, 0) is 5.41 Å². The average Bonchev–Trinajstić information content (AvgIpc) is 3.55. The number of allylic oxidation sites excluding steroid dienone is 2. The Hall–Kier alpha value is -4.78. The van der Waals surface area contributed by atoms with Crippen molar-refractivity contribution in [1.82, 2.24) is 19.3 Å². The molecule has 240 valence electrons. The lowest BCUT2D eigenvalue weighted by molar-refractivity contribution is 0.250. The fourth-order valence-electron chi connectivity index (χ4n) is 6.94. The second kappa shape index (κ2) is 11.8.